The molecule has 5 heteroatoms. The van der Waals surface area contributed by atoms with Gasteiger partial charge in [-0.3, -0.25) is 4.79 Å². The number of hydrogen-bond donors (Lipinski definition) is 0. The second kappa shape index (κ2) is 3.86. The summed E-state index contributed by atoms with van der Waals surface area (Å²) in [6, 6.07) is 3.25. The maximum Gasteiger partial charge on any atom is 0.161 e. The summed E-state index contributed by atoms with van der Waals surface area (Å²) in [6.07, 6.45) is 2.00. The molecule has 0 spiro atoms. The third kappa shape index (κ3) is 1.92. The van der Waals surface area contributed by atoms with Gasteiger partial charge in [-0.05, 0) is 12.1 Å². The van der Waals surface area contributed by atoms with Crippen LogP contribution in [0, 0.1) is 11.6 Å². The van der Waals surface area contributed by atoms with Gasteiger partial charge in [-0.25, -0.2) is 13.8 Å². The van der Waals surface area contributed by atoms with Crippen molar-refractivity contribution in [2.45, 2.75) is 0 Å². The van der Waals surface area contributed by atoms with E-state index >= 15 is 0 Å². The summed E-state index contributed by atoms with van der Waals surface area (Å²) in [7, 11) is 0. The van der Waals surface area contributed by atoms with Crippen LogP contribution in [0.25, 0.3) is 10.6 Å². The van der Waals surface area contributed by atoms with Crippen LogP contribution in [0.5, 0.6) is 0 Å². The van der Waals surface area contributed by atoms with Crippen molar-refractivity contribution in [3.05, 3.63) is 40.9 Å². The maximum atomic E-state index is 13.3. The number of hydrogen-bond acceptors (Lipinski definition) is 3. The fraction of sp³-hybridized carbons (Fsp3) is 0. The zero-order valence-electron chi connectivity index (χ0n) is 7.41. The van der Waals surface area contributed by atoms with Gasteiger partial charge in [-0.1, -0.05) is 0 Å². The fourth-order valence-electron chi connectivity index (χ4n) is 1.13. The number of rotatable bonds is 2. The predicted octanol–water partition coefficient (Wildman–Crippen LogP) is 2.90. The summed E-state index contributed by atoms with van der Waals surface area (Å²) in [5.74, 6) is -1.31. The normalized spacial score (nSPS) is 10.3. The third-order valence-corrected chi connectivity index (χ3v) is 2.76. The molecule has 0 N–H and O–H groups in total. The van der Waals surface area contributed by atoms with Crippen molar-refractivity contribution < 1.29 is 13.6 Å². The maximum absolute atomic E-state index is 13.3. The number of aldehydes is 1. The Balaban J connectivity index is 2.49. The molecule has 0 radical (unpaired) electrons. The summed E-state index contributed by atoms with van der Waals surface area (Å²) in [5, 5.41) is 0.370. The molecule has 76 valence electrons. The SMILES string of the molecule is O=Cc1cnc(-c2ccc(F)cc2F)s1. The first-order chi connectivity index (χ1) is 7.20. The molecule has 0 bridgehead atoms. The van der Waals surface area contributed by atoms with E-state index < -0.39 is 11.6 Å². The molecule has 0 aliphatic carbocycles. The van der Waals surface area contributed by atoms with Crippen LogP contribution in [0.3, 0.4) is 0 Å². The molecule has 1 aromatic heterocycles. The van der Waals surface area contributed by atoms with E-state index in [9.17, 15) is 13.6 Å². The number of nitrogens with zero attached hydrogens (tertiary/aromatic N) is 1. The molecule has 1 aromatic carbocycles. The monoisotopic (exact) mass is 225 g/mol. The standard InChI is InChI=1S/C10H5F2NOS/c11-6-1-2-8(9(12)3-6)10-13-4-7(5-14)15-10/h1-5H. The summed E-state index contributed by atoms with van der Waals surface area (Å²) in [5.41, 5.74) is 0.203. The molecule has 2 rings (SSSR count). The highest BCUT2D eigenvalue weighted by Crippen LogP contribution is 2.26. The van der Waals surface area contributed by atoms with Gasteiger partial charge in [0.05, 0.1) is 4.88 Å². The minimum absolute atomic E-state index is 0.203. The summed E-state index contributed by atoms with van der Waals surface area (Å²) in [4.78, 5) is 14.7. The second-order valence-corrected chi connectivity index (χ2v) is 3.87. The summed E-state index contributed by atoms with van der Waals surface area (Å²) >= 11 is 1.06. The smallest absolute Gasteiger partial charge is 0.161 e. The van der Waals surface area contributed by atoms with Crippen molar-refractivity contribution in [1.29, 1.82) is 0 Å². The Bertz CT molecular complexity index is 510. The van der Waals surface area contributed by atoms with Crippen molar-refractivity contribution in [3.8, 4) is 10.6 Å². The molecule has 2 nitrogen and oxygen atoms in total. The lowest BCUT2D eigenvalue weighted by Gasteiger charge is -1.97. The molecule has 1 heterocycles. The quantitative estimate of drug-likeness (QED) is 0.735. The van der Waals surface area contributed by atoms with Crippen molar-refractivity contribution in [3.63, 3.8) is 0 Å². The van der Waals surface area contributed by atoms with Crippen LogP contribution in [-0.4, -0.2) is 11.3 Å². The molecule has 15 heavy (non-hydrogen) atoms. The summed E-state index contributed by atoms with van der Waals surface area (Å²) < 4.78 is 25.9. The van der Waals surface area contributed by atoms with E-state index in [2.05, 4.69) is 4.98 Å². The van der Waals surface area contributed by atoms with Crippen LogP contribution in [-0.2, 0) is 0 Å². The Kier molecular flexibility index (Phi) is 2.55. The third-order valence-electron chi connectivity index (χ3n) is 1.80. The van der Waals surface area contributed by atoms with Gasteiger partial charge < -0.3 is 0 Å². The highest BCUT2D eigenvalue weighted by atomic mass is 32.1. The molecule has 0 aliphatic rings. The lowest BCUT2D eigenvalue weighted by atomic mass is 10.2. The van der Waals surface area contributed by atoms with Gasteiger partial charge in [0.15, 0.2) is 6.29 Å². The minimum Gasteiger partial charge on any atom is -0.297 e. The van der Waals surface area contributed by atoms with Crippen molar-refractivity contribution in [2.24, 2.45) is 0 Å². The lowest BCUT2D eigenvalue weighted by Crippen LogP contribution is -1.84. The van der Waals surface area contributed by atoms with E-state index in [0.717, 1.165) is 23.5 Å². The minimum atomic E-state index is -0.679. The number of aromatic nitrogens is 1. The van der Waals surface area contributed by atoms with Crippen LogP contribution < -0.4 is 0 Å². The lowest BCUT2D eigenvalue weighted by molar-refractivity contribution is 0.112. The molecule has 0 saturated heterocycles. The van der Waals surface area contributed by atoms with E-state index in [-0.39, 0.29) is 5.56 Å². The van der Waals surface area contributed by atoms with Crippen molar-refractivity contribution in [2.75, 3.05) is 0 Å². The average Bonchev–Trinajstić information content (AvgIpc) is 2.66. The van der Waals surface area contributed by atoms with E-state index in [0.29, 0.717) is 16.2 Å². The highest BCUT2D eigenvalue weighted by Gasteiger charge is 2.10. The van der Waals surface area contributed by atoms with Crippen molar-refractivity contribution in [1.82, 2.24) is 4.98 Å². The van der Waals surface area contributed by atoms with Gasteiger partial charge in [0.25, 0.3) is 0 Å². The first-order valence-electron chi connectivity index (χ1n) is 4.07. The zero-order chi connectivity index (χ0) is 10.8. The van der Waals surface area contributed by atoms with E-state index in [1.54, 1.807) is 0 Å². The van der Waals surface area contributed by atoms with Crippen LogP contribution in [0.1, 0.15) is 9.67 Å². The molecule has 0 aliphatic heterocycles. The van der Waals surface area contributed by atoms with Crippen LogP contribution in [0.15, 0.2) is 24.4 Å². The number of carbonyl (C=O) groups is 1. The Morgan fingerprint density at radius 1 is 1.33 bits per heavy atom. The number of carbonyl (C=O) groups excluding carboxylic acids is 1. The fourth-order valence-corrected chi connectivity index (χ4v) is 1.89. The molecular weight excluding hydrogens is 220 g/mol. The van der Waals surface area contributed by atoms with Gasteiger partial charge in [-0.15, -0.1) is 11.3 Å². The van der Waals surface area contributed by atoms with Gasteiger partial charge >= 0.3 is 0 Å². The van der Waals surface area contributed by atoms with Crippen LogP contribution in [0.2, 0.25) is 0 Å². The Morgan fingerprint density at radius 3 is 2.73 bits per heavy atom. The average molecular weight is 225 g/mol. The number of thiazole rings is 1. The topological polar surface area (TPSA) is 30.0 Å². The number of benzene rings is 1. The largest absolute Gasteiger partial charge is 0.297 e. The molecule has 0 amide bonds. The second-order valence-electron chi connectivity index (χ2n) is 2.81. The highest BCUT2D eigenvalue weighted by molar-refractivity contribution is 7.16. The van der Waals surface area contributed by atoms with Crippen LogP contribution in [0.4, 0.5) is 8.78 Å². The predicted molar refractivity (Wildman–Crippen MR) is 52.9 cm³/mol. The zero-order valence-corrected chi connectivity index (χ0v) is 8.22. The Morgan fingerprint density at radius 2 is 2.13 bits per heavy atom. The van der Waals surface area contributed by atoms with E-state index in [1.165, 1.54) is 12.3 Å². The van der Waals surface area contributed by atoms with Gasteiger partial charge in [-0.2, -0.15) is 0 Å². The first kappa shape index (κ1) is 9.92. The molecule has 0 unspecified atom stereocenters. The number of halogens is 2. The van der Waals surface area contributed by atoms with E-state index in [1.807, 2.05) is 0 Å². The molecule has 0 fully saturated rings. The molecular formula is C10H5F2NOS. The first-order valence-corrected chi connectivity index (χ1v) is 4.89. The van der Waals surface area contributed by atoms with Crippen molar-refractivity contribution >= 4 is 17.6 Å². The van der Waals surface area contributed by atoms with E-state index in [4.69, 9.17) is 0 Å². The molecule has 0 atom stereocenters. The summed E-state index contributed by atoms with van der Waals surface area (Å²) in [6.45, 7) is 0. The van der Waals surface area contributed by atoms with Gasteiger partial charge in [0.2, 0.25) is 0 Å². The van der Waals surface area contributed by atoms with Gasteiger partial charge in [0.1, 0.15) is 16.6 Å². The molecule has 2 aromatic rings. The van der Waals surface area contributed by atoms with Crippen LogP contribution >= 0.6 is 11.3 Å². The Labute approximate surface area is 88.2 Å². The Hall–Kier alpha value is -1.62. The molecule has 0 saturated carbocycles. The van der Waals surface area contributed by atoms with Gasteiger partial charge in [0, 0.05) is 17.8 Å².